The molecule has 0 saturated carbocycles. The summed E-state index contributed by atoms with van der Waals surface area (Å²) in [7, 11) is 3.40. The van der Waals surface area contributed by atoms with E-state index in [1.54, 1.807) is 14.2 Å². The Balaban J connectivity index is 4.03. The fourth-order valence-electron chi connectivity index (χ4n) is 1.77. The van der Waals surface area contributed by atoms with Crippen LogP contribution >= 0.6 is 0 Å². The van der Waals surface area contributed by atoms with Crippen LogP contribution in [0.25, 0.3) is 0 Å². The van der Waals surface area contributed by atoms with Crippen LogP contribution in [0.4, 0.5) is 0 Å². The van der Waals surface area contributed by atoms with Crippen molar-refractivity contribution < 1.29 is 14.3 Å². The minimum Gasteiger partial charge on any atom is -0.385 e. The lowest BCUT2D eigenvalue weighted by Gasteiger charge is -2.28. The normalized spacial score (nSPS) is 12.7. The standard InChI is InChI=1S/C12H27N3O3/c1-11(5-6-12(16)14-13)15(8-10-18-3)7-4-9-17-2/h11H,4-10,13H2,1-3H3,(H,14,16). The number of carbonyl (C=O) groups excluding carboxylic acids is 1. The fraction of sp³-hybridized carbons (Fsp3) is 0.917. The summed E-state index contributed by atoms with van der Waals surface area (Å²) in [4.78, 5) is 13.4. The van der Waals surface area contributed by atoms with Crippen molar-refractivity contribution in [2.24, 2.45) is 5.84 Å². The van der Waals surface area contributed by atoms with E-state index in [9.17, 15) is 4.79 Å². The number of hydrazine groups is 1. The van der Waals surface area contributed by atoms with E-state index in [0.29, 0.717) is 19.1 Å². The molecule has 6 heteroatoms. The van der Waals surface area contributed by atoms with E-state index < -0.39 is 0 Å². The van der Waals surface area contributed by atoms with E-state index in [2.05, 4.69) is 17.2 Å². The van der Waals surface area contributed by atoms with Gasteiger partial charge in [-0.1, -0.05) is 0 Å². The molecule has 0 bridgehead atoms. The number of amides is 1. The summed E-state index contributed by atoms with van der Waals surface area (Å²) in [5, 5.41) is 0. The molecule has 0 saturated heterocycles. The zero-order chi connectivity index (χ0) is 13.8. The number of hydrogen-bond donors (Lipinski definition) is 2. The summed E-state index contributed by atoms with van der Waals surface area (Å²) in [6.07, 6.45) is 2.22. The first kappa shape index (κ1) is 17.3. The number of carbonyl (C=O) groups is 1. The molecule has 108 valence electrons. The molecule has 0 aliphatic carbocycles. The summed E-state index contributed by atoms with van der Waals surface area (Å²) in [5.74, 6) is 4.94. The Hall–Kier alpha value is -0.690. The number of hydrogen-bond acceptors (Lipinski definition) is 5. The number of nitrogens with zero attached hydrogens (tertiary/aromatic N) is 1. The fourth-order valence-corrected chi connectivity index (χ4v) is 1.77. The van der Waals surface area contributed by atoms with Gasteiger partial charge in [0.1, 0.15) is 0 Å². The van der Waals surface area contributed by atoms with E-state index in [1.807, 2.05) is 0 Å². The molecule has 0 aromatic rings. The Kier molecular flexibility index (Phi) is 11.0. The molecule has 6 nitrogen and oxygen atoms in total. The highest BCUT2D eigenvalue weighted by atomic mass is 16.5. The first-order valence-electron chi connectivity index (χ1n) is 6.37. The van der Waals surface area contributed by atoms with Crippen molar-refractivity contribution in [3.63, 3.8) is 0 Å². The predicted molar refractivity (Wildman–Crippen MR) is 71.0 cm³/mol. The van der Waals surface area contributed by atoms with Gasteiger partial charge in [0.2, 0.25) is 5.91 Å². The topological polar surface area (TPSA) is 76.8 Å². The van der Waals surface area contributed by atoms with Crippen molar-refractivity contribution in [1.82, 2.24) is 10.3 Å². The van der Waals surface area contributed by atoms with Crippen LogP contribution in [0.2, 0.25) is 0 Å². The van der Waals surface area contributed by atoms with E-state index in [0.717, 1.165) is 32.5 Å². The van der Waals surface area contributed by atoms with Crippen molar-refractivity contribution in [3.8, 4) is 0 Å². The SMILES string of the molecule is COCCCN(CCOC)C(C)CCC(=O)NN. The Morgan fingerprint density at radius 3 is 2.50 bits per heavy atom. The largest absolute Gasteiger partial charge is 0.385 e. The monoisotopic (exact) mass is 261 g/mol. The number of nitrogens with two attached hydrogens (primary N) is 1. The average molecular weight is 261 g/mol. The summed E-state index contributed by atoms with van der Waals surface area (Å²) in [5.41, 5.74) is 2.15. The third-order valence-electron chi connectivity index (χ3n) is 2.95. The maximum absolute atomic E-state index is 11.1. The third-order valence-corrected chi connectivity index (χ3v) is 2.95. The second-order valence-electron chi connectivity index (χ2n) is 4.33. The molecule has 0 rings (SSSR count). The number of nitrogens with one attached hydrogen (secondary N) is 1. The lowest BCUT2D eigenvalue weighted by Crippen LogP contribution is -2.38. The van der Waals surface area contributed by atoms with Gasteiger partial charge in [-0.25, -0.2) is 5.84 Å². The first-order valence-corrected chi connectivity index (χ1v) is 6.37. The maximum Gasteiger partial charge on any atom is 0.233 e. The van der Waals surface area contributed by atoms with Crippen LogP contribution in [-0.2, 0) is 14.3 Å². The molecule has 0 aromatic heterocycles. The van der Waals surface area contributed by atoms with Crippen LogP contribution in [0.5, 0.6) is 0 Å². The molecule has 0 aliphatic rings. The van der Waals surface area contributed by atoms with Gasteiger partial charge in [-0.3, -0.25) is 15.1 Å². The Labute approximate surface area is 110 Å². The van der Waals surface area contributed by atoms with Gasteiger partial charge < -0.3 is 9.47 Å². The third kappa shape index (κ3) is 8.41. The number of methoxy groups -OCH3 is 2. The van der Waals surface area contributed by atoms with Gasteiger partial charge in [-0.05, 0) is 19.8 Å². The van der Waals surface area contributed by atoms with Crippen molar-refractivity contribution in [2.75, 3.05) is 40.5 Å². The number of rotatable bonds is 11. The van der Waals surface area contributed by atoms with Crippen molar-refractivity contribution in [2.45, 2.75) is 32.2 Å². The summed E-state index contributed by atoms with van der Waals surface area (Å²) >= 11 is 0. The highest BCUT2D eigenvalue weighted by molar-refractivity contribution is 5.75. The zero-order valence-electron chi connectivity index (χ0n) is 11.8. The molecule has 0 fully saturated rings. The predicted octanol–water partition coefficient (Wildman–Crippen LogP) is 0.130. The number of ether oxygens (including phenoxy) is 2. The summed E-state index contributed by atoms with van der Waals surface area (Å²) < 4.78 is 10.2. The molecule has 0 radical (unpaired) electrons. The maximum atomic E-state index is 11.1. The lowest BCUT2D eigenvalue weighted by atomic mass is 10.1. The van der Waals surface area contributed by atoms with E-state index in [1.165, 1.54) is 0 Å². The molecule has 0 aliphatic heterocycles. The molecule has 3 N–H and O–H groups in total. The molecule has 0 spiro atoms. The second kappa shape index (κ2) is 11.4. The molecule has 1 amide bonds. The van der Waals surface area contributed by atoms with Crippen molar-refractivity contribution >= 4 is 5.91 Å². The highest BCUT2D eigenvalue weighted by Crippen LogP contribution is 2.07. The molecular formula is C12H27N3O3. The smallest absolute Gasteiger partial charge is 0.233 e. The Morgan fingerprint density at radius 2 is 1.94 bits per heavy atom. The zero-order valence-corrected chi connectivity index (χ0v) is 11.8. The van der Waals surface area contributed by atoms with E-state index >= 15 is 0 Å². The Morgan fingerprint density at radius 1 is 1.28 bits per heavy atom. The lowest BCUT2D eigenvalue weighted by molar-refractivity contribution is -0.121. The van der Waals surface area contributed by atoms with E-state index in [-0.39, 0.29) is 5.91 Å². The second-order valence-corrected chi connectivity index (χ2v) is 4.33. The molecule has 18 heavy (non-hydrogen) atoms. The van der Waals surface area contributed by atoms with Gasteiger partial charge in [0, 0.05) is 46.4 Å². The molecule has 0 heterocycles. The molecule has 1 unspecified atom stereocenters. The Bertz CT molecular complexity index is 215. The average Bonchev–Trinajstić information content (AvgIpc) is 2.39. The van der Waals surface area contributed by atoms with Crippen molar-refractivity contribution in [1.29, 1.82) is 0 Å². The van der Waals surface area contributed by atoms with Crippen LogP contribution in [0.15, 0.2) is 0 Å². The van der Waals surface area contributed by atoms with Gasteiger partial charge in [0.05, 0.1) is 6.61 Å². The minimum atomic E-state index is -0.120. The highest BCUT2D eigenvalue weighted by Gasteiger charge is 2.14. The molecule has 0 aromatic carbocycles. The molecule has 1 atom stereocenters. The van der Waals surface area contributed by atoms with Crippen LogP contribution in [-0.4, -0.2) is 57.4 Å². The first-order chi connectivity index (χ1) is 8.65. The summed E-state index contributed by atoms with van der Waals surface area (Å²) in [6, 6.07) is 0.328. The van der Waals surface area contributed by atoms with Gasteiger partial charge in [0.25, 0.3) is 0 Å². The van der Waals surface area contributed by atoms with Crippen LogP contribution in [0, 0.1) is 0 Å². The van der Waals surface area contributed by atoms with Crippen molar-refractivity contribution in [3.05, 3.63) is 0 Å². The van der Waals surface area contributed by atoms with Gasteiger partial charge in [-0.2, -0.15) is 0 Å². The van der Waals surface area contributed by atoms with E-state index in [4.69, 9.17) is 15.3 Å². The van der Waals surface area contributed by atoms with Crippen LogP contribution in [0.3, 0.4) is 0 Å². The van der Waals surface area contributed by atoms with Crippen LogP contribution < -0.4 is 11.3 Å². The van der Waals surface area contributed by atoms with Gasteiger partial charge >= 0.3 is 0 Å². The quantitative estimate of drug-likeness (QED) is 0.239. The van der Waals surface area contributed by atoms with Gasteiger partial charge in [0.15, 0.2) is 0 Å². The minimum absolute atomic E-state index is 0.120. The molecular weight excluding hydrogens is 234 g/mol. The summed E-state index contributed by atoms with van der Waals surface area (Å²) in [6.45, 7) is 5.38. The van der Waals surface area contributed by atoms with Crippen LogP contribution in [0.1, 0.15) is 26.2 Å². The van der Waals surface area contributed by atoms with Gasteiger partial charge in [-0.15, -0.1) is 0 Å².